The Kier molecular flexibility index (Phi) is 5.37. The predicted molar refractivity (Wildman–Crippen MR) is 118 cm³/mol. The standard InChI is InChI=1S/C25H16N6.Pt/c1-7-20(28-22(9-1)30-15-11-18-5-3-13-26-24(18)30)17-21-8-2-10-23(29-21)31-16-12-19-6-4-14-27-25(19)31;/h1-14H,17H2;/q-2;+2. The van der Waals surface area contributed by atoms with E-state index >= 15 is 0 Å². The van der Waals surface area contributed by atoms with E-state index in [1.54, 1.807) is 12.4 Å². The van der Waals surface area contributed by atoms with Gasteiger partial charge in [0.05, 0.1) is 11.6 Å². The molecule has 0 atom stereocenters. The number of fused-ring (bicyclic) bond motifs is 2. The van der Waals surface area contributed by atoms with Gasteiger partial charge >= 0.3 is 21.1 Å². The van der Waals surface area contributed by atoms with E-state index in [-0.39, 0.29) is 21.1 Å². The van der Waals surface area contributed by atoms with Crippen LogP contribution in [0.1, 0.15) is 11.4 Å². The molecule has 0 N–H and O–H groups in total. The van der Waals surface area contributed by atoms with Crippen LogP contribution in [0.25, 0.3) is 33.7 Å². The summed E-state index contributed by atoms with van der Waals surface area (Å²) in [5.41, 5.74) is 3.53. The Bertz CT molecular complexity index is 1420. The van der Waals surface area contributed by atoms with Crippen molar-refractivity contribution in [2.75, 3.05) is 0 Å². The number of nitrogens with zero attached hydrogens (tertiary/aromatic N) is 6. The predicted octanol–water partition coefficient (Wildman–Crippen LogP) is 4.34. The van der Waals surface area contributed by atoms with Crippen LogP contribution < -0.4 is 0 Å². The van der Waals surface area contributed by atoms with Crippen molar-refractivity contribution in [2.45, 2.75) is 6.42 Å². The molecule has 0 radical (unpaired) electrons. The average Bonchev–Trinajstić information content (AvgIpc) is 3.44. The number of hydrogen-bond acceptors (Lipinski definition) is 4. The Hall–Kier alpha value is -3.63. The molecule has 6 rings (SSSR count). The van der Waals surface area contributed by atoms with E-state index in [1.807, 2.05) is 81.9 Å². The van der Waals surface area contributed by atoms with E-state index in [0.717, 1.165) is 45.1 Å². The minimum absolute atomic E-state index is 0. The second-order valence-electron chi connectivity index (χ2n) is 7.20. The van der Waals surface area contributed by atoms with Gasteiger partial charge in [0.2, 0.25) is 0 Å². The zero-order valence-corrected chi connectivity index (χ0v) is 19.1. The minimum Gasteiger partial charge on any atom is -0.414 e. The summed E-state index contributed by atoms with van der Waals surface area (Å²) in [6, 6.07) is 23.7. The van der Waals surface area contributed by atoms with Crippen LogP contribution in [0.3, 0.4) is 0 Å². The molecule has 0 amide bonds. The molecule has 0 unspecified atom stereocenters. The molecular formula is C25H16N6Pt. The molecule has 6 aromatic rings. The molecule has 6 aromatic heterocycles. The van der Waals surface area contributed by atoms with Gasteiger partial charge in [-0.2, -0.15) is 0 Å². The Balaban J connectivity index is 0.00000216. The fourth-order valence-corrected chi connectivity index (χ4v) is 3.72. The van der Waals surface area contributed by atoms with Gasteiger partial charge in [-0.15, -0.1) is 24.3 Å². The molecule has 32 heavy (non-hydrogen) atoms. The fraction of sp³-hybridized carbons (Fsp3) is 0.0400. The summed E-state index contributed by atoms with van der Waals surface area (Å²) in [5.74, 6) is 1.58. The molecule has 0 fully saturated rings. The maximum absolute atomic E-state index is 4.83. The van der Waals surface area contributed by atoms with Crippen molar-refractivity contribution in [3.8, 4) is 11.6 Å². The smallest absolute Gasteiger partial charge is 0.414 e. The molecule has 0 aliphatic heterocycles. The molecule has 0 aromatic carbocycles. The van der Waals surface area contributed by atoms with Crippen molar-refractivity contribution in [1.82, 2.24) is 29.1 Å². The van der Waals surface area contributed by atoms with Crippen molar-refractivity contribution in [2.24, 2.45) is 0 Å². The molecule has 0 aliphatic rings. The maximum atomic E-state index is 4.83. The van der Waals surface area contributed by atoms with Crippen molar-refractivity contribution in [3.05, 3.63) is 109 Å². The molecule has 0 bridgehead atoms. The topological polar surface area (TPSA) is 61.4 Å². The molecular weight excluding hydrogens is 579 g/mol. The Morgan fingerprint density at radius 1 is 0.625 bits per heavy atom. The van der Waals surface area contributed by atoms with Crippen LogP contribution in [0.4, 0.5) is 0 Å². The first kappa shape index (κ1) is 20.3. The van der Waals surface area contributed by atoms with E-state index in [1.165, 1.54) is 0 Å². The van der Waals surface area contributed by atoms with Gasteiger partial charge in [-0.05, 0) is 12.1 Å². The van der Waals surface area contributed by atoms with Gasteiger partial charge in [-0.1, -0.05) is 59.6 Å². The average molecular weight is 596 g/mol. The summed E-state index contributed by atoms with van der Waals surface area (Å²) in [6.45, 7) is 0. The molecule has 0 aliphatic carbocycles. The van der Waals surface area contributed by atoms with E-state index in [0.29, 0.717) is 6.42 Å². The first-order chi connectivity index (χ1) is 15.3. The Morgan fingerprint density at radius 3 is 1.62 bits per heavy atom. The van der Waals surface area contributed by atoms with Gasteiger partial charge in [-0.3, -0.25) is 19.9 Å². The fourth-order valence-electron chi connectivity index (χ4n) is 3.72. The largest absolute Gasteiger partial charge is 2.00 e. The van der Waals surface area contributed by atoms with E-state index in [9.17, 15) is 0 Å². The van der Waals surface area contributed by atoms with Crippen molar-refractivity contribution < 1.29 is 21.1 Å². The summed E-state index contributed by atoms with van der Waals surface area (Å²) in [4.78, 5) is 18.6. The Labute approximate surface area is 198 Å². The van der Waals surface area contributed by atoms with Crippen molar-refractivity contribution in [3.63, 3.8) is 0 Å². The van der Waals surface area contributed by atoms with Crippen LogP contribution in [0.2, 0.25) is 0 Å². The number of rotatable bonds is 4. The number of aromatic nitrogens is 6. The van der Waals surface area contributed by atoms with Crippen LogP contribution in [0.15, 0.2) is 85.2 Å². The van der Waals surface area contributed by atoms with Crippen LogP contribution in [-0.2, 0) is 27.5 Å². The SMILES string of the molecule is [Pt+2].[c-]1cc2cccnc2n1-c1cccc(Cc2cccc(-n3[c-]cc4cccnc43)n2)n1. The maximum Gasteiger partial charge on any atom is 2.00 e. The molecule has 6 heterocycles. The normalized spacial score (nSPS) is 11.0. The third-order valence-corrected chi connectivity index (χ3v) is 5.16. The van der Waals surface area contributed by atoms with E-state index in [4.69, 9.17) is 9.97 Å². The summed E-state index contributed by atoms with van der Waals surface area (Å²) >= 11 is 0. The summed E-state index contributed by atoms with van der Waals surface area (Å²) in [6.07, 6.45) is 10.6. The summed E-state index contributed by atoms with van der Waals surface area (Å²) < 4.78 is 3.77. The molecule has 0 spiro atoms. The molecule has 6 nitrogen and oxygen atoms in total. The molecule has 0 saturated heterocycles. The van der Waals surface area contributed by atoms with Gasteiger partial charge in [-0.25, -0.2) is 0 Å². The van der Waals surface area contributed by atoms with Gasteiger partial charge in [0.25, 0.3) is 0 Å². The zero-order chi connectivity index (χ0) is 20.6. The quantitative estimate of drug-likeness (QED) is 0.285. The molecule has 7 heteroatoms. The van der Waals surface area contributed by atoms with Crippen molar-refractivity contribution in [1.29, 1.82) is 0 Å². The van der Waals surface area contributed by atoms with E-state index in [2.05, 4.69) is 22.4 Å². The molecule has 156 valence electrons. The molecule has 0 saturated carbocycles. The monoisotopic (exact) mass is 595 g/mol. The minimum atomic E-state index is 0. The zero-order valence-electron chi connectivity index (χ0n) is 16.8. The van der Waals surface area contributed by atoms with Crippen LogP contribution in [-0.4, -0.2) is 29.1 Å². The second kappa shape index (κ2) is 8.48. The van der Waals surface area contributed by atoms with E-state index < -0.39 is 0 Å². The summed E-state index contributed by atoms with van der Waals surface area (Å²) in [7, 11) is 0. The first-order valence-corrected chi connectivity index (χ1v) is 9.96. The van der Waals surface area contributed by atoms with Crippen LogP contribution >= 0.6 is 0 Å². The van der Waals surface area contributed by atoms with Gasteiger partial charge < -0.3 is 9.13 Å². The number of pyridine rings is 4. The number of hydrogen-bond donors (Lipinski definition) is 0. The van der Waals surface area contributed by atoms with Crippen LogP contribution in [0, 0.1) is 12.4 Å². The summed E-state index contributed by atoms with van der Waals surface area (Å²) in [5, 5.41) is 2.07. The third kappa shape index (κ3) is 3.63. The second-order valence-corrected chi connectivity index (χ2v) is 7.20. The van der Waals surface area contributed by atoms with Gasteiger partial charge in [0.15, 0.2) is 0 Å². The van der Waals surface area contributed by atoms with Gasteiger partial charge in [0, 0.05) is 41.5 Å². The Morgan fingerprint density at radius 2 is 1.12 bits per heavy atom. The van der Waals surface area contributed by atoms with Crippen molar-refractivity contribution >= 4 is 22.1 Å². The third-order valence-electron chi connectivity index (χ3n) is 5.16. The van der Waals surface area contributed by atoms with Gasteiger partial charge in [0.1, 0.15) is 0 Å². The van der Waals surface area contributed by atoms with Crippen LogP contribution in [0.5, 0.6) is 0 Å². The first-order valence-electron chi connectivity index (χ1n) is 9.96.